The van der Waals surface area contributed by atoms with Crippen LogP contribution in [-0.4, -0.2) is 22.6 Å². The molecule has 0 aliphatic heterocycles. The minimum absolute atomic E-state index is 0. The van der Waals surface area contributed by atoms with E-state index in [2.05, 4.69) is 4.74 Å². The average molecular weight is 235 g/mol. The number of carbonyl (C=O) groups excluding carboxylic acids is 1. The maximum Gasteiger partial charge on any atom is 0.356 e. The highest BCUT2D eigenvalue weighted by molar-refractivity contribution is 6.35. The molecule has 7 heteroatoms. The predicted molar refractivity (Wildman–Crippen MR) is 55.1 cm³/mol. The molecular weight excluding hydrogens is 224 g/mol. The van der Waals surface area contributed by atoms with E-state index in [9.17, 15) is 14.9 Å². The zero-order chi connectivity index (χ0) is 10.9. The Hall–Kier alpha value is -1.56. The summed E-state index contributed by atoms with van der Waals surface area (Å²) in [4.78, 5) is 20.9. The van der Waals surface area contributed by atoms with Crippen molar-refractivity contribution in [2.75, 3.05) is 7.11 Å². The van der Waals surface area contributed by atoms with Crippen LogP contribution in [0.2, 0.25) is 5.02 Å². The van der Waals surface area contributed by atoms with E-state index in [4.69, 9.17) is 11.6 Å². The maximum atomic E-state index is 11.1. The van der Waals surface area contributed by atoms with Gasteiger partial charge in [0.25, 0.3) is 0 Å². The molecule has 0 amide bonds. The van der Waals surface area contributed by atoms with E-state index >= 15 is 0 Å². The summed E-state index contributed by atoms with van der Waals surface area (Å²) < 4.78 is 5.68. The molecule has 1 rings (SSSR count). The van der Waals surface area contributed by atoms with E-state index in [1.54, 1.807) is 0 Å². The zero-order valence-corrected chi connectivity index (χ0v) is 8.24. The molecule has 1 heterocycles. The largest absolute Gasteiger partial charge is 0.464 e. The standard InChI is InChI=1S/C7H7ClN2O4.CH4/c1-9-3-4(10(12)13)5(8)6(9)7(11)14-2;/h3H,1-2H3;1H4. The van der Waals surface area contributed by atoms with Crippen LogP contribution in [0.1, 0.15) is 17.9 Å². The quantitative estimate of drug-likeness (QED) is 0.446. The lowest BCUT2D eigenvalue weighted by Crippen LogP contribution is -2.07. The number of nitrogens with zero attached hydrogens (tertiary/aromatic N) is 2. The number of aromatic nitrogens is 1. The number of ether oxygens (including phenoxy) is 1. The van der Waals surface area contributed by atoms with Gasteiger partial charge < -0.3 is 9.30 Å². The summed E-state index contributed by atoms with van der Waals surface area (Å²) in [7, 11) is 2.66. The number of methoxy groups -OCH3 is 1. The molecule has 0 N–H and O–H groups in total. The average Bonchev–Trinajstić information content (AvgIpc) is 2.41. The van der Waals surface area contributed by atoms with Gasteiger partial charge in [0.05, 0.1) is 18.2 Å². The van der Waals surface area contributed by atoms with Crippen LogP contribution in [0.4, 0.5) is 5.69 Å². The summed E-state index contributed by atoms with van der Waals surface area (Å²) in [5.74, 6) is -0.703. The summed E-state index contributed by atoms with van der Waals surface area (Å²) in [6, 6.07) is 0. The number of esters is 1. The lowest BCUT2D eigenvalue weighted by molar-refractivity contribution is -0.384. The Morgan fingerprint density at radius 2 is 2.20 bits per heavy atom. The molecular formula is C8H11ClN2O4. The van der Waals surface area contributed by atoms with E-state index in [0.29, 0.717) is 0 Å². The van der Waals surface area contributed by atoms with Gasteiger partial charge in [0.2, 0.25) is 0 Å². The molecule has 0 radical (unpaired) electrons. The summed E-state index contributed by atoms with van der Waals surface area (Å²) in [6.07, 6.45) is 1.16. The van der Waals surface area contributed by atoms with E-state index in [1.165, 1.54) is 18.7 Å². The molecule has 6 nitrogen and oxygen atoms in total. The van der Waals surface area contributed by atoms with Crippen molar-refractivity contribution < 1.29 is 14.5 Å². The predicted octanol–water partition coefficient (Wildman–Crippen LogP) is 2.01. The van der Waals surface area contributed by atoms with Crippen LogP contribution in [0, 0.1) is 10.1 Å². The molecule has 15 heavy (non-hydrogen) atoms. The second kappa shape index (κ2) is 4.79. The number of carbonyl (C=O) groups is 1. The van der Waals surface area contributed by atoms with Crippen molar-refractivity contribution in [2.45, 2.75) is 7.43 Å². The molecule has 1 aromatic rings. The topological polar surface area (TPSA) is 74.4 Å². The highest BCUT2D eigenvalue weighted by Crippen LogP contribution is 2.29. The van der Waals surface area contributed by atoms with Crippen LogP contribution >= 0.6 is 11.6 Å². The van der Waals surface area contributed by atoms with Crippen LogP contribution in [0.25, 0.3) is 0 Å². The van der Waals surface area contributed by atoms with Gasteiger partial charge in [-0.3, -0.25) is 10.1 Å². The second-order valence-corrected chi connectivity index (χ2v) is 2.91. The van der Waals surface area contributed by atoms with Gasteiger partial charge in [0.1, 0.15) is 0 Å². The normalized spacial score (nSPS) is 9.27. The number of rotatable bonds is 2. The Kier molecular flexibility index (Phi) is 4.29. The number of halogens is 1. The first-order chi connectivity index (χ1) is 6.49. The van der Waals surface area contributed by atoms with Crippen LogP contribution in [0.5, 0.6) is 0 Å². The van der Waals surface area contributed by atoms with E-state index < -0.39 is 10.9 Å². The number of hydrogen-bond acceptors (Lipinski definition) is 4. The monoisotopic (exact) mass is 234 g/mol. The minimum Gasteiger partial charge on any atom is -0.464 e. The fraction of sp³-hybridized carbons (Fsp3) is 0.375. The molecule has 0 fully saturated rings. The Morgan fingerprint density at radius 1 is 1.67 bits per heavy atom. The molecule has 1 aromatic heterocycles. The molecule has 0 unspecified atom stereocenters. The number of aryl methyl sites for hydroxylation is 1. The molecule has 84 valence electrons. The van der Waals surface area contributed by atoms with Gasteiger partial charge in [-0.1, -0.05) is 19.0 Å². The maximum absolute atomic E-state index is 11.1. The van der Waals surface area contributed by atoms with Crippen LogP contribution < -0.4 is 0 Å². The van der Waals surface area contributed by atoms with E-state index in [1.807, 2.05) is 0 Å². The Balaban J connectivity index is 0.00000196. The lowest BCUT2D eigenvalue weighted by atomic mass is 10.4. The van der Waals surface area contributed by atoms with Gasteiger partial charge in [0, 0.05) is 7.05 Å². The van der Waals surface area contributed by atoms with Gasteiger partial charge in [-0.05, 0) is 0 Å². The SMILES string of the molecule is C.COC(=O)c1c(Cl)c([N+](=O)[O-])cn1C. The van der Waals surface area contributed by atoms with Gasteiger partial charge in [-0.15, -0.1) is 0 Å². The molecule has 0 bridgehead atoms. The summed E-state index contributed by atoms with van der Waals surface area (Å²) in [6.45, 7) is 0. The fourth-order valence-electron chi connectivity index (χ4n) is 1.04. The van der Waals surface area contributed by atoms with Crippen LogP contribution in [0.15, 0.2) is 6.20 Å². The first-order valence-corrected chi connectivity index (χ1v) is 3.94. The molecule has 0 atom stereocenters. The van der Waals surface area contributed by atoms with Gasteiger partial charge >= 0.3 is 11.7 Å². The van der Waals surface area contributed by atoms with Gasteiger partial charge in [-0.25, -0.2) is 4.79 Å². The second-order valence-electron chi connectivity index (χ2n) is 2.54. The number of hydrogen-bond donors (Lipinski definition) is 0. The summed E-state index contributed by atoms with van der Waals surface area (Å²) in [5.41, 5.74) is -0.338. The van der Waals surface area contributed by atoms with Crippen molar-refractivity contribution in [3.05, 3.63) is 27.0 Å². The summed E-state index contributed by atoms with van der Waals surface area (Å²) >= 11 is 5.63. The Labute approximate surface area is 91.5 Å². The van der Waals surface area contributed by atoms with Crippen molar-refractivity contribution in [2.24, 2.45) is 7.05 Å². The zero-order valence-electron chi connectivity index (χ0n) is 7.48. The van der Waals surface area contributed by atoms with Gasteiger partial charge in [0.15, 0.2) is 10.7 Å². The molecule has 0 aliphatic carbocycles. The lowest BCUT2D eigenvalue weighted by Gasteiger charge is -1.99. The highest BCUT2D eigenvalue weighted by Gasteiger charge is 2.25. The third-order valence-corrected chi connectivity index (χ3v) is 2.05. The van der Waals surface area contributed by atoms with E-state index in [-0.39, 0.29) is 23.8 Å². The molecule has 0 saturated heterocycles. The molecule has 0 aromatic carbocycles. The summed E-state index contributed by atoms with van der Waals surface area (Å²) in [5, 5.41) is 10.2. The van der Waals surface area contributed by atoms with Crippen molar-refractivity contribution in [1.82, 2.24) is 4.57 Å². The molecule has 0 spiro atoms. The minimum atomic E-state index is -0.703. The third-order valence-electron chi connectivity index (χ3n) is 1.68. The van der Waals surface area contributed by atoms with Crippen molar-refractivity contribution in [3.8, 4) is 0 Å². The van der Waals surface area contributed by atoms with Crippen LogP contribution in [0.3, 0.4) is 0 Å². The fourth-order valence-corrected chi connectivity index (χ4v) is 1.37. The molecule has 0 aliphatic rings. The van der Waals surface area contributed by atoms with Crippen LogP contribution in [-0.2, 0) is 11.8 Å². The van der Waals surface area contributed by atoms with Crippen molar-refractivity contribution >= 4 is 23.3 Å². The van der Waals surface area contributed by atoms with E-state index in [0.717, 1.165) is 6.20 Å². The number of nitro groups is 1. The van der Waals surface area contributed by atoms with Crippen molar-refractivity contribution in [3.63, 3.8) is 0 Å². The third kappa shape index (κ3) is 2.27. The Bertz CT molecular complexity index is 400. The molecule has 0 saturated carbocycles. The first kappa shape index (κ1) is 13.4. The smallest absolute Gasteiger partial charge is 0.356 e. The van der Waals surface area contributed by atoms with Gasteiger partial charge in [-0.2, -0.15) is 0 Å². The first-order valence-electron chi connectivity index (χ1n) is 3.56. The Morgan fingerprint density at radius 3 is 2.53 bits per heavy atom. The highest BCUT2D eigenvalue weighted by atomic mass is 35.5. The van der Waals surface area contributed by atoms with Crippen molar-refractivity contribution in [1.29, 1.82) is 0 Å².